The lowest BCUT2D eigenvalue weighted by molar-refractivity contribution is -0.146. The zero-order valence-corrected chi connectivity index (χ0v) is 12.1. The molecule has 1 atom stereocenters. The summed E-state index contributed by atoms with van der Waals surface area (Å²) in [5.41, 5.74) is 0.696. The summed E-state index contributed by atoms with van der Waals surface area (Å²) in [5.74, 6) is -1.28. The molecule has 2 rings (SSSR count). The van der Waals surface area contributed by atoms with Gasteiger partial charge in [-0.05, 0) is 42.7 Å². The summed E-state index contributed by atoms with van der Waals surface area (Å²) in [6.45, 7) is 0.469. The number of carboxylic acids is 1. The highest BCUT2D eigenvalue weighted by Crippen LogP contribution is 2.21. The van der Waals surface area contributed by atoms with Crippen LogP contribution in [-0.2, 0) is 9.59 Å². The number of halogens is 2. The Bertz CT molecular complexity index is 551. The number of nitrogens with zero attached hydrogens (tertiary/aromatic N) is 1. The van der Waals surface area contributed by atoms with Gasteiger partial charge >= 0.3 is 5.97 Å². The number of carboxylic acid groups (broad SMARTS) is 1. The first-order valence-corrected chi connectivity index (χ1v) is 6.90. The van der Waals surface area contributed by atoms with E-state index >= 15 is 0 Å². The van der Waals surface area contributed by atoms with E-state index in [-0.39, 0.29) is 5.91 Å². The topological polar surface area (TPSA) is 57.6 Å². The summed E-state index contributed by atoms with van der Waals surface area (Å²) >= 11 is 11.7. The fraction of sp³-hybridized carbons (Fsp3) is 0.286. The van der Waals surface area contributed by atoms with Crippen molar-refractivity contribution in [2.45, 2.75) is 18.9 Å². The molecular weight excluding hydrogens is 301 g/mol. The fourth-order valence-corrected chi connectivity index (χ4v) is 2.76. The van der Waals surface area contributed by atoms with Gasteiger partial charge in [-0.3, -0.25) is 4.79 Å². The van der Waals surface area contributed by atoms with Crippen molar-refractivity contribution >= 4 is 41.2 Å². The van der Waals surface area contributed by atoms with Crippen molar-refractivity contribution < 1.29 is 14.7 Å². The zero-order chi connectivity index (χ0) is 14.7. The van der Waals surface area contributed by atoms with Crippen molar-refractivity contribution in [2.75, 3.05) is 6.54 Å². The second-order valence-electron chi connectivity index (χ2n) is 4.56. The lowest BCUT2D eigenvalue weighted by atomic mass is 10.2. The van der Waals surface area contributed by atoms with Gasteiger partial charge in [-0.2, -0.15) is 0 Å². The Morgan fingerprint density at radius 1 is 1.25 bits per heavy atom. The van der Waals surface area contributed by atoms with Gasteiger partial charge in [0, 0.05) is 22.7 Å². The van der Waals surface area contributed by atoms with Crippen LogP contribution in [-0.4, -0.2) is 34.5 Å². The first kappa shape index (κ1) is 14.9. The van der Waals surface area contributed by atoms with Crippen LogP contribution in [0, 0.1) is 0 Å². The van der Waals surface area contributed by atoms with Gasteiger partial charge in [0.2, 0.25) is 5.91 Å². The van der Waals surface area contributed by atoms with Gasteiger partial charge in [0.15, 0.2) is 0 Å². The van der Waals surface area contributed by atoms with Crippen LogP contribution in [0.2, 0.25) is 10.0 Å². The maximum absolute atomic E-state index is 12.0. The van der Waals surface area contributed by atoms with E-state index in [2.05, 4.69) is 0 Å². The molecule has 4 nitrogen and oxygen atoms in total. The van der Waals surface area contributed by atoms with Crippen molar-refractivity contribution in [2.24, 2.45) is 0 Å². The van der Waals surface area contributed by atoms with Gasteiger partial charge in [0.05, 0.1) is 0 Å². The average Bonchev–Trinajstić information content (AvgIpc) is 2.84. The number of carbonyl (C=O) groups excluding carboxylic acids is 1. The van der Waals surface area contributed by atoms with Crippen LogP contribution in [0.4, 0.5) is 0 Å². The molecule has 1 heterocycles. The first-order chi connectivity index (χ1) is 9.47. The summed E-state index contributed by atoms with van der Waals surface area (Å²) in [6, 6.07) is 4.23. The highest BCUT2D eigenvalue weighted by Gasteiger charge is 2.32. The summed E-state index contributed by atoms with van der Waals surface area (Å²) in [7, 11) is 0. The minimum atomic E-state index is -0.963. The van der Waals surface area contributed by atoms with E-state index in [1.165, 1.54) is 11.0 Å². The second-order valence-corrected chi connectivity index (χ2v) is 5.44. The SMILES string of the molecule is O=C(O)C1CCCN1C(=O)/C=C/c1cc(Cl)cc(Cl)c1. The molecule has 1 aromatic rings. The molecule has 0 spiro atoms. The molecule has 1 fully saturated rings. The van der Waals surface area contributed by atoms with Crippen LogP contribution in [0.1, 0.15) is 18.4 Å². The van der Waals surface area contributed by atoms with E-state index in [1.54, 1.807) is 24.3 Å². The summed E-state index contributed by atoms with van der Waals surface area (Å²) in [4.78, 5) is 24.4. The normalized spacial score (nSPS) is 18.7. The number of carbonyl (C=O) groups is 2. The smallest absolute Gasteiger partial charge is 0.326 e. The molecular formula is C14H13Cl2NO3. The third-order valence-electron chi connectivity index (χ3n) is 3.12. The number of hydrogen-bond acceptors (Lipinski definition) is 2. The molecule has 1 aromatic carbocycles. The molecule has 1 aliphatic heterocycles. The Morgan fingerprint density at radius 3 is 2.50 bits per heavy atom. The highest BCUT2D eigenvalue weighted by molar-refractivity contribution is 6.34. The zero-order valence-electron chi connectivity index (χ0n) is 10.6. The van der Waals surface area contributed by atoms with E-state index in [1.807, 2.05) is 0 Å². The van der Waals surface area contributed by atoms with Crippen molar-refractivity contribution in [3.63, 3.8) is 0 Å². The van der Waals surface area contributed by atoms with Crippen molar-refractivity contribution in [3.8, 4) is 0 Å². The van der Waals surface area contributed by atoms with Crippen LogP contribution in [0.5, 0.6) is 0 Å². The van der Waals surface area contributed by atoms with Gasteiger partial charge in [0.1, 0.15) is 6.04 Å². The number of hydrogen-bond donors (Lipinski definition) is 1. The lowest BCUT2D eigenvalue weighted by Crippen LogP contribution is -2.39. The lowest BCUT2D eigenvalue weighted by Gasteiger charge is -2.19. The average molecular weight is 314 g/mol. The van der Waals surface area contributed by atoms with Gasteiger partial charge < -0.3 is 10.0 Å². The van der Waals surface area contributed by atoms with Crippen LogP contribution in [0.15, 0.2) is 24.3 Å². The molecule has 0 radical (unpaired) electrons. The number of rotatable bonds is 3. The molecule has 20 heavy (non-hydrogen) atoms. The molecule has 6 heteroatoms. The highest BCUT2D eigenvalue weighted by atomic mass is 35.5. The van der Waals surface area contributed by atoms with Crippen LogP contribution >= 0.6 is 23.2 Å². The Morgan fingerprint density at radius 2 is 1.90 bits per heavy atom. The first-order valence-electron chi connectivity index (χ1n) is 6.15. The summed E-state index contributed by atoms with van der Waals surface area (Å²) < 4.78 is 0. The molecule has 106 valence electrons. The van der Waals surface area contributed by atoms with E-state index < -0.39 is 12.0 Å². The molecule has 1 amide bonds. The molecule has 0 saturated carbocycles. The van der Waals surface area contributed by atoms with Crippen molar-refractivity contribution in [3.05, 3.63) is 39.9 Å². The van der Waals surface area contributed by atoms with E-state index in [0.717, 1.165) is 0 Å². The van der Waals surface area contributed by atoms with E-state index in [4.69, 9.17) is 28.3 Å². The largest absolute Gasteiger partial charge is 0.480 e. The summed E-state index contributed by atoms with van der Waals surface area (Å²) in [6.07, 6.45) is 4.14. The Kier molecular flexibility index (Phi) is 4.68. The van der Waals surface area contributed by atoms with Gasteiger partial charge in [-0.15, -0.1) is 0 Å². The number of amides is 1. The van der Waals surface area contributed by atoms with Gasteiger partial charge in [0.25, 0.3) is 0 Å². The molecule has 1 aliphatic rings. The second kappa shape index (κ2) is 6.29. The van der Waals surface area contributed by atoms with Crippen molar-refractivity contribution in [1.29, 1.82) is 0 Å². The number of aliphatic carboxylic acids is 1. The molecule has 1 N–H and O–H groups in total. The maximum atomic E-state index is 12.0. The number of likely N-dealkylation sites (tertiary alicyclic amines) is 1. The number of benzene rings is 1. The third-order valence-corrected chi connectivity index (χ3v) is 3.56. The van der Waals surface area contributed by atoms with Gasteiger partial charge in [-0.1, -0.05) is 23.2 Å². The Labute approximate surface area is 126 Å². The Balaban J connectivity index is 2.10. The molecule has 0 aromatic heterocycles. The minimum Gasteiger partial charge on any atom is -0.480 e. The molecule has 0 bridgehead atoms. The standard InChI is InChI=1S/C14H13Cl2NO3/c15-10-6-9(7-11(16)8-10)3-4-13(18)17-5-1-2-12(17)14(19)20/h3-4,6-8,12H,1-2,5H2,(H,19,20)/b4-3+. The van der Waals surface area contributed by atoms with Crippen molar-refractivity contribution in [1.82, 2.24) is 4.90 Å². The molecule has 0 aliphatic carbocycles. The van der Waals surface area contributed by atoms with E-state index in [0.29, 0.717) is 35.0 Å². The minimum absolute atomic E-state index is 0.314. The van der Waals surface area contributed by atoms with Crippen LogP contribution < -0.4 is 0 Å². The Hall–Kier alpha value is -1.52. The van der Waals surface area contributed by atoms with Gasteiger partial charge in [-0.25, -0.2) is 4.79 Å². The monoisotopic (exact) mass is 313 g/mol. The third kappa shape index (κ3) is 3.52. The predicted molar refractivity (Wildman–Crippen MR) is 77.9 cm³/mol. The van der Waals surface area contributed by atoms with E-state index in [9.17, 15) is 9.59 Å². The fourth-order valence-electron chi connectivity index (χ4n) is 2.22. The maximum Gasteiger partial charge on any atom is 0.326 e. The van der Waals surface area contributed by atoms with Crippen LogP contribution in [0.3, 0.4) is 0 Å². The predicted octanol–water partition coefficient (Wildman–Crippen LogP) is 3.08. The molecule has 1 saturated heterocycles. The quantitative estimate of drug-likeness (QED) is 0.872. The van der Waals surface area contributed by atoms with Crippen LogP contribution in [0.25, 0.3) is 6.08 Å². The molecule has 1 unspecified atom stereocenters. The summed E-state index contributed by atoms with van der Waals surface area (Å²) in [5, 5.41) is 10.00.